The molecule has 1 aliphatic heterocycles. The van der Waals surface area contributed by atoms with Crippen LogP contribution in [0.1, 0.15) is 24.0 Å². The molecule has 0 aromatic heterocycles. The zero-order valence-corrected chi connectivity index (χ0v) is 9.66. The van der Waals surface area contributed by atoms with Gasteiger partial charge in [0.15, 0.2) is 5.71 Å². The van der Waals surface area contributed by atoms with E-state index in [9.17, 15) is 0 Å². The van der Waals surface area contributed by atoms with E-state index in [-0.39, 0.29) is 0 Å². The predicted molar refractivity (Wildman–Crippen MR) is 66.5 cm³/mol. The summed E-state index contributed by atoms with van der Waals surface area (Å²) in [6.45, 7) is 1.06. The monoisotopic (exact) mass is 213 g/mol. The van der Waals surface area contributed by atoms with Crippen LogP contribution in [-0.4, -0.2) is 23.9 Å². The van der Waals surface area contributed by atoms with E-state index in [1.807, 2.05) is 0 Å². The minimum atomic E-state index is 0.990. The first-order valence-electron chi connectivity index (χ1n) is 5.91. The van der Waals surface area contributed by atoms with Gasteiger partial charge < -0.3 is 5.73 Å². The van der Waals surface area contributed by atoms with Gasteiger partial charge in [-0.05, 0) is 17.5 Å². The summed E-state index contributed by atoms with van der Waals surface area (Å²) in [6, 6.07) is 8.65. The van der Waals surface area contributed by atoms with Gasteiger partial charge in [0.05, 0.1) is 5.57 Å². The molecule has 1 heterocycles. The van der Waals surface area contributed by atoms with Crippen LogP contribution in [0.2, 0.25) is 0 Å². The van der Waals surface area contributed by atoms with E-state index in [1.165, 1.54) is 22.4 Å². The van der Waals surface area contributed by atoms with Crippen LogP contribution in [0.3, 0.4) is 0 Å². The van der Waals surface area contributed by atoms with Crippen LogP contribution in [0.15, 0.2) is 30.0 Å². The second-order valence-electron chi connectivity index (χ2n) is 4.68. The van der Waals surface area contributed by atoms with Crippen molar-refractivity contribution < 1.29 is 4.58 Å². The van der Waals surface area contributed by atoms with Crippen molar-refractivity contribution in [2.24, 2.45) is 5.73 Å². The molecule has 0 unspecified atom stereocenters. The van der Waals surface area contributed by atoms with Gasteiger partial charge in [-0.3, -0.25) is 0 Å². The first-order chi connectivity index (χ1) is 7.77. The average Bonchev–Trinajstić information content (AvgIpc) is 2.33. The topological polar surface area (TPSA) is 29.0 Å². The normalized spacial score (nSPS) is 19.6. The van der Waals surface area contributed by atoms with E-state index < -0.39 is 0 Å². The summed E-state index contributed by atoms with van der Waals surface area (Å²) in [5.41, 5.74) is 12.8. The van der Waals surface area contributed by atoms with Crippen molar-refractivity contribution in [3.05, 3.63) is 41.1 Å². The van der Waals surface area contributed by atoms with Crippen molar-refractivity contribution in [1.29, 1.82) is 0 Å². The number of allylic oxidation sites excluding steroid dienone is 1. The van der Waals surface area contributed by atoms with Crippen molar-refractivity contribution in [2.45, 2.75) is 19.3 Å². The average molecular weight is 213 g/mol. The van der Waals surface area contributed by atoms with Crippen LogP contribution in [0.25, 0.3) is 5.57 Å². The Bertz CT molecular complexity index is 509. The minimum absolute atomic E-state index is 0.990. The standard InChI is InChI=1S/C14H16N2/c1-16-9-8-12(15)14-11-5-3-2-4-10(11)6-7-13(14)16/h2-5,15H,6-9H2,1H3/p+1. The maximum Gasteiger partial charge on any atom is 0.185 e. The third-order valence-electron chi connectivity index (χ3n) is 3.70. The van der Waals surface area contributed by atoms with Crippen LogP contribution in [0.5, 0.6) is 0 Å². The fourth-order valence-corrected chi connectivity index (χ4v) is 2.80. The van der Waals surface area contributed by atoms with Crippen molar-refractivity contribution >= 4 is 11.3 Å². The molecule has 3 rings (SSSR count). The Kier molecular flexibility index (Phi) is 2.10. The highest BCUT2D eigenvalue weighted by Gasteiger charge is 2.30. The van der Waals surface area contributed by atoms with Gasteiger partial charge >= 0.3 is 0 Å². The summed E-state index contributed by atoms with van der Waals surface area (Å²) in [6.07, 6.45) is 3.26. The Labute approximate surface area is 96.1 Å². The van der Waals surface area contributed by atoms with Crippen molar-refractivity contribution in [1.82, 2.24) is 0 Å². The highest BCUT2D eigenvalue weighted by molar-refractivity contribution is 6.24. The molecule has 0 spiro atoms. The number of aryl methyl sites for hydroxylation is 1. The molecule has 1 aromatic carbocycles. The minimum Gasteiger partial charge on any atom is -0.401 e. The Morgan fingerprint density at radius 1 is 1.12 bits per heavy atom. The first-order valence-corrected chi connectivity index (χ1v) is 5.91. The highest BCUT2D eigenvalue weighted by atomic mass is 15.0. The molecule has 0 amide bonds. The largest absolute Gasteiger partial charge is 0.401 e. The van der Waals surface area contributed by atoms with Crippen LogP contribution in [0, 0.1) is 0 Å². The summed E-state index contributed by atoms with van der Waals surface area (Å²) in [7, 11) is 2.18. The summed E-state index contributed by atoms with van der Waals surface area (Å²) in [5.74, 6) is 0. The van der Waals surface area contributed by atoms with Gasteiger partial charge in [-0.25, -0.2) is 4.58 Å². The summed E-state index contributed by atoms with van der Waals surface area (Å²) >= 11 is 0. The van der Waals surface area contributed by atoms with E-state index >= 15 is 0 Å². The number of benzene rings is 1. The molecule has 2 nitrogen and oxygen atoms in total. The summed E-state index contributed by atoms with van der Waals surface area (Å²) in [4.78, 5) is 0. The number of rotatable bonds is 0. The molecule has 0 saturated carbocycles. The van der Waals surface area contributed by atoms with Crippen molar-refractivity contribution in [3.8, 4) is 0 Å². The molecule has 0 saturated heterocycles. The van der Waals surface area contributed by atoms with Gasteiger partial charge in [0.25, 0.3) is 0 Å². The highest BCUT2D eigenvalue weighted by Crippen LogP contribution is 2.32. The fourth-order valence-electron chi connectivity index (χ4n) is 2.80. The van der Waals surface area contributed by atoms with Crippen LogP contribution >= 0.6 is 0 Å². The zero-order chi connectivity index (χ0) is 11.1. The Hall–Kier alpha value is -1.57. The van der Waals surface area contributed by atoms with Gasteiger partial charge in [0, 0.05) is 18.5 Å². The first kappa shape index (κ1) is 9.64. The quantitative estimate of drug-likeness (QED) is 0.654. The SMILES string of the molecule is C[N+]1=C2CCc3ccccc3C2=C(N)CC1. The number of fused-ring (bicyclic) bond motifs is 3. The van der Waals surface area contributed by atoms with Gasteiger partial charge in [0.2, 0.25) is 0 Å². The lowest BCUT2D eigenvalue weighted by Crippen LogP contribution is -2.31. The van der Waals surface area contributed by atoms with Gasteiger partial charge in [-0.2, -0.15) is 0 Å². The van der Waals surface area contributed by atoms with E-state index in [0.29, 0.717) is 0 Å². The number of nitrogens with two attached hydrogens (primary N) is 1. The number of nitrogens with zero attached hydrogens (tertiary/aromatic N) is 1. The molecular formula is C14H17N2+. The molecular weight excluding hydrogens is 196 g/mol. The predicted octanol–water partition coefficient (Wildman–Crippen LogP) is 1.79. The second kappa shape index (κ2) is 3.48. The summed E-state index contributed by atoms with van der Waals surface area (Å²) < 4.78 is 2.36. The Morgan fingerprint density at radius 2 is 1.94 bits per heavy atom. The van der Waals surface area contributed by atoms with E-state index in [2.05, 4.69) is 35.9 Å². The third-order valence-corrected chi connectivity index (χ3v) is 3.70. The van der Waals surface area contributed by atoms with E-state index in [4.69, 9.17) is 5.73 Å². The molecule has 0 radical (unpaired) electrons. The second-order valence-corrected chi connectivity index (χ2v) is 4.68. The molecule has 0 atom stereocenters. The lowest BCUT2D eigenvalue weighted by atomic mass is 9.83. The van der Waals surface area contributed by atoms with Gasteiger partial charge in [-0.1, -0.05) is 24.3 Å². The molecule has 1 aromatic rings. The maximum atomic E-state index is 6.20. The van der Waals surface area contributed by atoms with Gasteiger partial charge in [-0.15, -0.1) is 0 Å². The molecule has 2 N–H and O–H groups in total. The third kappa shape index (κ3) is 1.29. The molecule has 16 heavy (non-hydrogen) atoms. The molecule has 0 bridgehead atoms. The van der Waals surface area contributed by atoms with Crippen LogP contribution in [-0.2, 0) is 6.42 Å². The molecule has 82 valence electrons. The summed E-state index contributed by atoms with van der Waals surface area (Å²) in [5, 5.41) is 0. The van der Waals surface area contributed by atoms with E-state index in [1.54, 1.807) is 0 Å². The fraction of sp³-hybridized carbons (Fsp3) is 0.357. The molecule has 0 fully saturated rings. The molecule has 1 aliphatic carbocycles. The number of hydrogen-bond donors (Lipinski definition) is 1. The lowest BCUT2D eigenvalue weighted by molar-refractivity contribution is -0.497. The molecule has 2 aliphatic rings. The van der Waals surface area contributed by atoms with Crippen LogP contribution < -0.4 is 5.73 Å². The smallest absolute Gasteiger partial charge is 0.185 e. The Balaban J connectivity index is 2.25. The van der Waals surface area contributed by atoms with Crippen molar-refractivity contribution in [3.63, 3.8) is 0 Å². The van der Waals surface area contributed by atoms with E-state index in [0.717, 1.165) is 31.5 Å². The van der Waals surface area contributed by atoms with Gasteiger partial charge in [0.1, 0.15) is 13.6 Å². The van der Waals surface area contributed by atoms with Crippen molar-refractivity contribution in [2.75, 3.05) is 13.6 Å². The molecule has 2 heteroatoms. The zero-order valence-electron chi connectivity index (χ0n) is 9.66. The Morgan fingerprint density at radius 3 is 2.81 bits per heavy atom. The number of hydrogen-bond acceptors (Lipinski definition) is 1. The van der Waals surface area contributed by atoms with Crippen LogP contribution in [0.4, 0.5) is 0 Å². The lowest BCUT2D eigenvalue weighted by Gasteiger charge is -2.24. The maximum absolute atomic E-state index is 6.20.